The Morgan fingerprint density at radius 3 is 2.89 bits per heavy atom. The first-order valence-corrected chi connectivity index (χ1v) is 6.79. The minimum Gasteiger partial charge on any atom is -0.497 e. The Bertz CT molecular complexity index is 363. The lowest BCUT2D eigenvalue weighted by Gasteiger charge is -2.17. The van der Waals surface area contributed by atoms with Crippen molar-refractivity contribution in [1.29, 1.82) is 0 Å². The van der Waals surface area contributed by atoms with Crippen molar-refractivity contribution in [2.75, 3.05) is 13.7 Å². The SMILES string of the molecule is CCC(CNC1CC1)OCc1cccc(OC)c1. The maximum atomic E-state index is 5.94. The summed E-state index contributed by atoms with van der Waals surface area (Å²) in [7, 11) is 1.69. The third kappa shape index (κ3) is 4.31. The van der Waals surface area contributed by atoms with Crippen LogP contribution in [0.3, 0.4) is 0 Å². The molecule has 1 N–H and O–H groups in total. The fraction of sp³-hybridized carbons (Fsp3) is 0.600. The van der Waals surface area contributed by atoms with Gasteiger partial charge in [0, 0.05) is 12.6 Å². The van der Waals surface area contributed by atoms with E-state index in [1.165, 1.54) is 18.4 Å². The first-order valence-electron chi connectivity index (χ1n) is 6.79. The summed E-state index contributed by atoms with van der Waals surface area (Å²) in [5.74, 6) is 0.889. The molecule has 0 aliphatic heterocycles. The van der Waals surface area contributed by atoms with Crippen LogP contribution in [-0.4, -0.2) is 25.8 Å². The van der Waals surface area contributed by atoms with Gasteiger partial charge in [-0.15, -0.1) is 0 Å². The van der Waals surface area contributed by atoms with Gasteiger partial charge in [-0.3, -0.25) is 0 Å². The van der Waals surface area contributed by atoms with E-state index >= 15 is 0 Å². The van der Waals surface area contributed by atoms with Crippen molar-refractivity contribution in [2.24, 2.45) is 0 Å². The summed E-state index contributed by atoms with van der Waals surface area (Å²) in [5, 5.41) is 3.52. The van der Waals surface area contributed by atoms with Crippen LogP contribution in [0.5, 0.6) is 5.75 Å². The highest BCUT2D eigenvalue weighted by atomic mass is 16.5. The van der Waals surface area contributed by atoms with Crippen LogP contribution < -0.4 is 10.1 Å². The van der Waals surface area contributed by atoms with Gasteiger partial charge in [0.1, 0.15) is 5.75 Å². The minimum absolute atomic E-state index is 0.303. The van der Waals surface area contributed by atoms with Gasteiger partial charge in [-0.2, -0.15) is 0 Å². The van der Waals surface area contributed by atoms with Gasteiger partial charge in [0.25, 0.3) is 0 Å². The highest BCUT2D eigenvalue weighted by Gasteiger charge is 2.21. The average Bonchev–Trinajstić information content (AvgIpc) is 3.23. The Balaban J connectivity index is 1.76. The van der Waals surface area contributed by atoms with Crippen molar-refractivity contribution in [1.82, 2.24) is 5.32 Å². The molecule has 1 aliphatic carbocycles. The monoisotopic (exact) mass is 249 g/mol. The van der Waals surface area contributed by atoms with Gasteiger partial charge >= 0.3 is 0 Å². The number of rotatable bonds is 8. The first-order chi connectivity index (χ1) is 8.81. The molecule has 0 spiro atoms. The molecule has 100 valence electrons. The standard InChI is InChI=1S/C15H23NO2/c1-3-14(10-16-13-7-8-13)18-11-12-5-4-6-15(9-12)17-2/h4-6,9,13-14,16H,3,7-8,10-11H2,1-2H3. The van der Waals surface area contributed by atoms with E-state index in [0.717, 1.165) is 24.8 Å². The van der Waals surface area contributed by atoms with E-state index in [4.69, 9.17) is 9.47 Å². The number of ether oxygens (including phenoxy) is 2. The number of methoxy groups -OCH3 is 1. The molecule has 0 heterocycles. The number of hydrogen-bond acceptors (Lipinski definition) is 3. The van der Waals surface area contributed by atoms with Gasteiger partial charge in [0.15, 0.2) is 0 Å². The summed E-state index contributed by atoms with van der Waals surface area (Å²) in [6.07, 6.45) is 4.00. The quantitative estimate of drug-likeness (QED) is 0.768. The van der Waals surface area contributed by atoms with Crippen molar-refractivity contribution in [3.05, 3.63) is 29.8 Å². The van der Waals surface area contributed by atoms with Crippen LogP contribution in [0.15, 0.2) is 24.3 Å². The molecule has 1 aromatic carbocycles. The summed E-state index contributed by atoms with van der Waals surface area (Å²) < 4.78 is 11.1. The van der Waals surface area contributed by atoms with Crippen molar-refractivity contribution < 1.29 is 9.47 Å². The van der Waals surface area contributed by atoms with Crippen molar-refractivity contribution in [2.45, 2.75) is 44.9 Å². The predicted octanol–water partition coefficient (Wildman–Crippen LogP) is 2.74. The fourth-order valence-electron chi connectivity index (χ4n) is 1.88. The van der Waals surface area contributed by atoms with E-state index in [1.807, 2.05) is 18.2 Å². The zero-order valence-electron chi connectivity index (χ0n) is 11.3. The Hall–Kier alpha value is -1.06. The van der Waals surface area contributed by atoms with Gasteiger partial charge in [0.05, 0.1) is 19.8 Å². The fourth-order valence-corrected chi connectivity index (χ4v) is 1.88. The van der Waals surface area contributed by atoms with E-state index in [9.17, 15) is 0 Å². The van der Waals surface area contributed by atoms with Crippen LogP contribution >= 0.6 is 0 Å². The van der Waals surface area contributed by atoms with E-state index in [-0.39, 0.29) is 0 Å². The molecular weight excluding hydrogens is 226 g/mol. The van der Waals surface area contributed by atoms with E-state index in [1.54, 1.807) is 7.11 Å². The molecule has 3 heteroatoms. The second-order valence-electron chi connectivity index (χ2n) is 4.88. The molecular formula is C15H23NO2. The van der Waals surface area contributed by atoms with E-state index in [2.05, 4.69) is 18.3 Å². The zero-order chi connectivity index (χ0) is 12.8. The van der Waals surface area contributed by atoms with Gasteiger partial charge < -0.3 is 14.8 Å². The lowest BCUT2D eigenvalue weighted by atomic mass is 10.2. The van der Waals surface area contributed by atoms with Gasteiger partial charge in [-0.25, -0.2) is 0 Å². The van der Waals surface area contributed by atoms with Crippen molar-refractivity contribution in [3.63, 3.8) is 0 Å². The van der Waals surface area contributed by atoms with Crippen LogP contribution in [0.25, 0.3) is 0 Å². The molecule has 0 aromatic heterocycles. The minimum atomic E-state index is 0.303. The van der Waals surface area contributed by atoms with Crippen molar-refractivity contribution >= 4 is 0 Å². The van der Waals surface area contributed by atoms with Crippen LogP contribution in [-0.2, 0) is 11.3 Å². The second-order valence-corrected chi connectivity index (χ2v) is 4.88. The number of nitrogens with one attached hydrogen (secondary N) is 1. The molecule has 0 bridgehead atoms. The molecule has 1 fully saturated rings. The maximum Gasteiger partial charge on any atom is 0.119 e. The number of hydrogen-bond donors (Lipinski definition) is 1. The lowest BCUT2D eigenvalue weighted by Crippen LogP contribution is -2.30. The van der Waals surface area contributed by atoms with E-state index < -0.39 is 0 Å². The molecule has 1 atom stereocenters. The molecule has 0 radical (unpaired) electrons. The molecule has 0 saturated heterocycles. The summed E-state index contributed by atoms with van der Waals surface area (Å²) in [6.45, 7) is 3.79. The first kappa shape index (κ1) is 13.4. The summed E-state index contributed by atoms with van der Waals surface area (Å²) in [4.78, 5) is 0. The summed E-state index contributed by atoms with van der Waals surface area (Å²) in [5.41, 5.74) is 1.17. The highest BCUT2D eigenvalue weighted by molar-refractivity contribution is 5.27. The molecule has 1 unspecified atom stereocenters. The normalized spacial score (nSPS) is 16.6. The molecule has 18 heavy (non-hydrogen) atoms. The van der Waals surface area contributed by atoms with Crippen LogP contribution in [0.4, 0.5) is 0 Å². The lowest BCUT2D eigenvalue weighted by molar-refractivity contribution is 0.0381. The second kappa shape index (κ2) is 6.76. The number of benzene rings is 1. The Morgan fingerprint density at radius 2 is 2.22 bits per heavy atom. The van der Waals surface area contributed by atoms with Gasteiger partial charge in [-0.1, -0.05) is 19.1 Å². The smallest absolute Gasteiger partial charge is 0.119 e. The summed E-state index contributed by atoms with van der Waals surface area (Å²) in [6, 6.07) is 8.81. The largest absolute Gasteiger partial charge is 0.497 e. The average molecular weight is 249 g/mol. The molecule has 1 aromatic rings. The van der Waals surface area contributed by atoms with Gasteiger partial charge in [0.2, 0.25) is 0 Å². The maximum absolute atomic E-state index is 5.94. The molecule has 1 aliphatic rings. The van der Waals surface area contributed by atoms with Crippen LogP contribution in [0, 0.1) is 0 Å². The predicted molar refractivity (Wildman–Crippen MR) is 72.9 cm³/mol. The van der Waals surface area contributed by atoms with Crippen LogP contribution in [0.2, 0.25) is 0 Å². The van der Waals surface area contributed by atoms with Crippen LogP contribution in [0.1, 0.15) is 31.7 Å². The molecule has 2 rings (SSSR count). The molecule has 0 amide bonds. The van der Waals surface area contributed by atoms with E-state index in [0.29, 0.717) is 12.7 Å². The topological polar surface area (TPSA) is 30.5 Å². The Kier molecular flexibility index (Phi) is 5.02. The highest BCUT2D eigenvalue weighted by Crippen LogP contribution is 2.19. The van der Waals surface area contributed by atoms with Crippen molar-refractivity contribution in [3.8, 4) is 5.75 Å². The Labute approximate surface area is 109 Å². The molecule has 3 nitrogen and oxygen atoms in total. The third-order valence-corrected chi connectivity index (χ3v) is 3.29. The third-order valence-electron chi connectivity index (χ3n) is 3.29. The molecule has 1 saturated carbocycles. The Morgan fingerprint density at radius 1 is 1.39 bits per heavy atom. The van der Waals surface area contributed by atoms with Gasteiger partial charge in [-0.05, 0) is 37.0 Å². The zero-order valence-corrected chi connectivity index (χ0v) is 11.3. The summed E-state index contributed by atoms with van der Waals surface area (Å²) >= 11 is 0.